The number of hydrogen-bond acceptors (Lipinski definition) is 5. The number of likely N-dealkylation sites (tertiary alicyclic amines) is 1. The Balaban J connectivity index is 1.79. The van der Waals surface area contributed by atoms with Crippen LogP contribution < -0.4 is 0 Å². The molecule has 0 aliphatic carbocycles. The molecule has 6 nitrogen and oxygen atoms in total. The first kappa shape index (κ1) is 16.8. The number of nitrogens with zero attached hydrogens (tertiary/aromatic N) is 3. The molecule has 1 aromatic carbocycles. The molecular weight excluding hydrogens is 326 g/mol. The summed E-state index contributed by atoms with van der Waals surface area (Å²) in [6.07, 6.45) is 1.75. The molecule has 1 fully saturated rings. The van der Waals surface area contributed by atoms with Gasteiger partial charge in [0.25, 0.3) is 5.91 Å². The number of rotatable bonds is 4. The molecule has 0 unspecified atom stereocenters. The minimum absolute atomic E-state index is 0.0518. The van der Waals surface area contributed by atoms with Crippen LogP contribution in [0.2, 0.25) is 0 Å². The highest BCUT2D eigenvalue weighted by Crippen LogP contribution is 2.31. The van der Waals surface area contributed by atoms with Gasteiger partial charge in [0.05, 0.1) is 16.8 Å². The first-order valence-electron chi connectivity index (χ1n) is 8.09. The van der Waals surface area contributed by atoms with Crippen molar-refractivity contribution in [2.45, 2.75) is 49.8 Å². The fourth-order valence-electron chi connectivity index (χ4n) is 2.90. The van der Waals surface area contributed by atoms with Gasteiger partial charge in [-0.05, 0) is 37.1 Å². The smallest absolute Gasteiger partial charge is 0.254 e. The predicted octanol–water partition coefficient (Wildman–Crippen LogP) is 2.87. The Morgan fingerprint density at radius 2 is 2.04 bits per heavy atom. The highest BCUT2D eigenvalue weighted by Gasteiger charge is 2.33. The van der Waals surface area contributed by atoms with Crippen molar-refractivity contribution < 1.29 is 13.5 Å². The molecular formula is C17H21N3O3S. The van der Waals surface area contributed by atoms with Crippen molar-refractivity contribution in [3.8, 4) is 0 Å². The van der Waals surface area contributed by atoms with E-state index in [0.717, 1.165) is 17.7 Å². The Morgan fingerprint density at radius 1 is 1.33 bits per heavy atom. The van der Waals surface area contributed by atoms with Crippen LogP contribution in [0.15, 0.2) is 33.7 Å². The zero-order chi connectivity index (χ0) is 17.3. The molecule has 24 heavy (non-hydrogen) atoms. The van der Waals surface area contributed by atoms with Gasteiger partial charge in [0.15, 0.2) is 5.82 Å². The third-order valence-electron chi connectivity index (χ3n) is 4.12. The average Bonchev–Trinajstić information content (AvgIpc) is 3.22. The number of hydrogen-bond donors (Lipinski definition) is 0. The lowest BCUT2D eigenvalue weighted by Crippen LogP contribution is -2.31. The van der Waals surface area contributed by atoms with E-state index < -0.39 is 10.8 Å². The molecule has 1 aliphatic rings. The SMILES string of the molecule is Cc1nc([C@H]2CCCN2C(=O)c2ccc([S@](=O)C(C)C)cc2)no1. The quantitative estimate of drug-likeness (QED) is 0.850. The van der Waals surface area contributed by atoms with Crippen molar-refractivity contribution in [3.63, 3.8) is 0 Å². The van der Waals surface area contributed by atoms with Gasteiger partial charge in [-0.1, -0.05) is 19.0 Å². The Bertz CT molecular complexity index is 755. The summed E-state index contributed by atoms with van der Waals surface area (Å²) in [5.74, 6) is 1.02. The number of carbonyl (C=O) groups excluding carboxylic acids is 1. The fourth-order valence-corrected chi connectivity index (χ4v) is 3.85. The van der Waals surface area contributed by atoms with Crippen LogP contribution in [0.25, 0.3) is 0 Å². The van der Waals surface area contributed by atoms with E-state index in [1.165, 1.54) is 0 Å². The molecule has 1 amide bonds. The first-order chi connectivity index (χ1) is 11.5. The molecule has 2 heterocycles. The summed E-state index contributed by atoms with van der Waals surface area (Å²) < 4.78 is 17.2. The fraction of sp³-hybridized carbons (Fsp3) is 0.471. The summed E-state index contributed by atoms with van der Waals surface area (Å²) in [4.78, 5) is 19.6. The Morgan fingerprint density at radius 3 is 2.62 bits per heavy atom. The standard InChI is InChI=1S/C17H21N3O3S/c1-11(2)24(22)14-8-6-13(7-9-14)17(21)20-10-4-5-15(20)16-18-12(3)23-19-16/h6-9,11,15H,4-5,10H2,1-3H3/t15-,24-/m1/s1. The highest BCUT2D eigenvalue weighted by atomic mass is 32.2. The van der Waals surface area contributed by atoms with Crippen molar-refractivity contribution in [1.29, 1.82) is 0 Å². The second-order valence-electron chi connectivity index (χ2n) is 6.20. The van der Waals surface area contributed by atoms with Gasteiger partial charge in [0.2, 0.25) is 5.89 Å². The molecule has 0 spiro atoms. The van der Waals surface area contributed by atoms with E-state index in [-0.39, 0.29) is 17.2 Å². The van der Waals surface area contributed by atoms with Crippen LogP contribution in [-0.4, -0.2) is 37.0 Å². The summed E-state index contributed by atoms with van der Waals surface area (Å²) in [5, 5.41) is 4.01. The third-order valence-corrected chi connectivity index (χ3v) is 5.71. The Labute approximate surface area is 143 Å². The van der Waals surface area contributed by atoms with Gasteiger partial charge in [-0.2, -0.15) is 4.98 Å². The lowest BCUT2D eigenvalue weighted by atomic mass is 10.1. The summed E-state index contributed by atoms with van der Waals surface area (Å²) in [7, 11) is -1.05. The maximum absolute atomic E-state index is 12.8. The lowest BCUT2D eigenvalue weighted by Gasteiger charge is -2.22. The zero-order valence-electron chi connectivity index (χ0n) is 14.1. The molecule has 1 aliphatic heterocycles. The number of benzene rings is 1. The van der Waals surface area contributed by atoms with Crippen molar-refractivity contribution in [1.82, 2.24) is 15.0 Å². The van der Waals surface area contributed by atoms with Gasteiger partial charge >= 0.3 is 0 Å². The molecule has 0 radical (unpaired) electrons. The number of aryl methyl sites for hydroxylation is 1. The van der Waals surface area contributed by atoms with E-state index in [1.807, 2.05) is 13.8 Å². The second kappa shape index (κ2) is 6.84. The second-order valence-corrected chi connectivity index (χ2v) is 8.21. The van der Waals surface area contributed by atoms with Crippen molar-refractivity contribution in [2.75, 3.05) is 6.54 Å². The van der Waals surface area contributed by atoms with E-state index in [0.29, 0.717) is 23.8 Å². The van der Waals surface area contributed by atoms with E-state index in [2.05, 4.69) is 10.1 Å². The van der Waals surface area contributed by atoms with Crippen LogP contribution in [0.5, 0.6) is 0 Å². The van der Waals surface area contributed by atoms with Crippen LogP contribution in [0.3, 0.4) is 0 Å². The zero-order valence-corrected chi connectivity index (χ0v) is 14.9. The summed E-state index contributed by atoms with van der Waals surface area (Å²) in [6.45, 7) is 6.25. The molecule has 0 bridgehead atoms. The topological polar surface area (TPSA) is 76.3 Å². The minimum atomic E-state index is -1.05. The van der Waals surface area contributed by atoms with Gasteiger partial charge in [-0.25, -0.2) is 0 Å². The summed E-state index contributed by atoms with van der Waals surface area (Å²) >= 11 is 0. The number of aromatic nitrogens is 2. The average molecular weight is 347 g/mol. The Kier molecular flexibility index (Phi) is 4.80. The van der Waals surface area contributed by atoms with Crippen molar-refractivity contribution >= 4 is 16.7 Å². The van der Waals surface area contributed by atoms with Gasteiger partial charge in [-0.15, -0.1) is 0 Å². The van der Waals surface area contributed by atoms with Crippen molar-refractivity contribution in [2.24, 2.45) is 0 Å². The minimum Gasteiger partial charge on any atom is -0.340 e. The third kappa shape index (κ3) is 3.26. The van der Waals surface area contributed by atoms with E-state index >= 15 is 0 Å². The van der Waals surface area contributed by atoms with Crippen LogP contribution in [-0.2, 0) is 10.8 Å². The number of amides is 1. The molecule has 0 N–H and O–H groups in total. The summed E-state index contributed by atoms with van der Waals surface area (Å²) in [5.41, 5.74) is 0.589. The van der Waals surface area contributed by atoms with Crippen LogP contribution in [0.4, 0.5) is 0 Å². The monoisotopic (exact) mass is 347 g/mol. The Hall–Kier alpha value is -2.02. The van der Waals surface area contributed by atoms with Gasteiger partial charge in [0.1, 0.15) is 0 Å². The predicted molar refractivity (Wildman–Crippen MR) is 90.0 cm³/mol. The molecule has 2 atom stereocenters. The molecule has 128 valence electrons. The molecule has 1 saturated heterocycles. The molecule has 2 aromatic rings. The van der Waals surface area contributed by atoms with Crippen LogP contribution in [0, 0.1) is 6.92 Å². The maximum atomic E-state index is 12.8. The summed E-state index contributed by atoms with van der Waals surface area (Å²) in [6, 6.07) is 6.89. The highest BCUT2D eigenvalue weighted by molar-refractivity contribution is 7.85. The van der Waals surface area contributed by atoms with E-state index in [9.17, 15) is 9.00 Å². The van der Waals surface area contributed by atoms with Crippen molar-refractivity contribution in [3.05, 3.63) is 41.5 Å². The maximum Gasteiger partial charge on any atom is 0.254 e. The van der Waals surface area contributed by atoms with Gasteiger partial charge in [0, 0.05) is 29.2 Å². The first-order valence-corrected chi connectivity index (χ1v) is 9.30. The largest absolute Gasteiger partial charge is 0.340 e. The van der Waals surface area contributed by atoms with E-state index in [4.69, 9.17) is 4.52 Å². The van der Waals surface area contributed by atoms with Crippen LogP contribution >= 0.6 is 0 Å². The molecule has 0 saturated carbocycles. The number of carbonyl (C=O) groups is 1. The molecule has 3 rings (SSSR count). The normalized spacial score (nSPS) is 19.0. The lowest BCUT2D eigenvalue weighted by molar-refractivity contribution is 0.0728. The van der Waals surface area contributed by atoms with Gasteiger partial charge < -0.3 is 9.42 Å². The van der Waals surface area contributed by atoms with Gasteiger partial charge in [-0.3, -0.25) is 9.00 Å². The van der Waals surface area contributed by atoms with E-state index in [1.54, 1.807) is 36.1 Å². The molecule has 1 aromatic heterocycles. The molecule has 7 heteroatoms. The van der Waals surface area contributed by atoms with Crippen LogP contribution in [0.1, 0.15) is 54.8 Å².